The van der Waals surface area contributed by atoms with E-state index in [2.05, 4.69) is 112 Å². The van der Waals surface area contributed by atoms with Crippen molar-refractivity contribution in [2.45, 2.75) is 44.0 Å². The van der Waals surface area contributed by atoms with E-state index < -0.39 is 22.8 Å². The van der Waals surface area contributed by atoms with Gasteiger partial charge in [0.25, 0.3) is 0 Å². The Morgan fingerprint density at radius 2 is 1.25 bits per heavy atom. The number of benzene rings is 5. The predicted octanol–water partition coefficient (Wildman–Crippen LogP) is 8.24. The second-order valence-corrected chi connectivity index (χ2v) is 13.5. The van der Waals surface area contributed by atoms with Crippen LogP contribution < -0.4 is 9.64 Å². The Hall–Kier alpha value is -5.85. The van der Waals surface area contributed by atoms with Gasteiger partial charge in [0.1, 0.15) is 18.4 Å². The maximum absolute atomic E-state index is 13.4. The maximum atomic E-state index is 13.4. The lowest BCUT2D eigenvalue weighted by atomic mass is 9.65. The number of pyridine rings is 1. The van der Waals surface area contributed by atoms with Gasteiger partial charge in [-0.3, -0.25) is 19.5 Å². The van der Waals surface area contributed by atoms with Crippen molar-refractivity contribution < 1.29 is 14.3 Å². The van der Waals surface area contributed by atoms with E-state index in [1.807, 2.05) is 68.4 Å². The van der Waals surface area contributed by atoms with Crippen LogP contribution >= 0.6 is 0 Å². The molecule has 254 valence electrons. The molecule has 5 aromatic carbocycles. The summed E-state index contributed by atoms with van der Waals surface area (Å²) in [4.78, 5) is 34.2. The summed E-state index contributed by atoms with van der Waals surface area (Å²) in [6, 6.07) is 51.6. The molecular formula is C45H41N3O3. The molecule has 1 aliphatic rings. The lowest BCUT2D eigenvalue weighted by molar-refractivity contribution is -0.131. The van der Waals surface area contributed by atoms with Gasteiger partial charge in [0.2, 0.25) is 5.78 Å². The summed E-state index contributed by atoms with van der Waals surface area (Å²) in [5.41, 5.74) is 6.19. The van der Waals surface area contributed by atoms with E-state index in [0.717, 1.165) is 39.1 Å². The molecule has 1 aromatic heterocycles. The fourth-order valence-electron chi connectivity index (χ4n) is 7.63. The smallest absolute Gasteiger partial charge is 0.219 e. The van der Waals surface area contributed by atoms with Crippen LogP contribution in [0.1, 0.15) is 47.2 Å². The van der Waals surface area contributed by atoms with Crippen LogP contribution in [0.2, 0.25) is 0 Å². The minimum Gasteiger partial charge on any atom is -0.487 e. The second kappa shape index (κ2) is 14.6. The van der Waals surface area contributed by atoms with E-state index in [4.69, 9.17) is 4.74 Å². The van der Waals surface area contributed by atoms with Crippen LogP contribution in [0.5, 0.6) is 5.75 Å². The van der Waals surface area contributed by atoms with Gasteiger partial charge in [-0.1, -0.05) is 133 Å². The number of hydrogen-bond donors (Lipinski definition) is 0. The van der Waals surface area contributed by atoms with Gasteiger partial charge >= 0.3 is 0 Å². The number of Topliss-reactive ketones (excluding diaryl/α,β-unsaturated/α-hetero) is 1. The van der Waals surface area contributed by atoms with Gasteiger partial charge in [-0.05, 0) is 59.9 Å². The maximum Gasteiger partial charge on any atom is 0.219 e. The van der Waals surface area contributed by atoms with Gasteiger partial charge < -0.3 is 9.64 Å². The summed E-state index contributed by atoms with van der Waals surface area (Å²) in [5, 5.41) is 0. The van der Waals surface area contributed by atoms with Crippen molar-refractivity contribution >= 4 is 17.8 Å². The summed E-state index contributed by atoms with van der Waals surface area (Å²) < 4.78 is 6.24. The van der Waals surface area contributed by atoms with Crippen molar-refractivity contribution in [3.8, 4) is 5.75 Å². The molecule has 51 heavy (non-hydrogen) atoms. The van der Waals surface area contributed by atoms with Gasteiger partial charge in [-0.15, -0.1) is 0 Å². The third-order valence-electron chi connectivity index (χ3n) is 10.2. The average Bonchev–Trinajstić information content (AvgIpc) is 3.45. The number of ether oxygens (including phenoxy) is 1. The molecule has 0 aliphatic carbocycles. The minimum absolute atomic E-state index is 0.421. The Bertz CT molecular complexity index is 1970. The van der Waals surface area contributed by atoms with Crippen LogP contribution in [0.15, 0.2) is 164 Å². The SMILES string of the molecule is CC1(C)C(C(=O)C=O)N(c2ccc(C(c3ccccc3)(c3ccccc3)c3ccccc3)cc2)CN1Cc1ccncc1OCc1ccccc1. The third-order valence-corrected chi connectivity index (χ3v) is 10.2. The molecule has 2 heterocycles. The molecular weight excluding hydrogens is 631 g/mol. The molecule has 1 saturated heterocycles. The molecule has 0 amide bonds. The highest BCUT2D eigenvalue weighted by atomic mass is 16.5. The number of aldehydes is 1. The van der Waals surface area contributed by atoms with E-state index in [1.165, 1.54) is 0 Å². The molecule has 0 saturated carbocycles. The number of hydrogen-bond acceptors (Lipinski definition) is 6. The van der Waals surface area contributed by atoms with E-state index in [9.17, 15) is 9.59 Å². The van der Waals surface area contributed by atoms with E-state index >= 15 is 0 Å². The first-order chi connectivity index (χ1) is 24.9. The molecule has 7 rings (SSSR count). The second-order valence-electron chi connectivity index (χ2n) is 13.5. The van der Waals surface area contributed by atoms with E-state index in [-0.39, 0.29) is 0 Å². The van der Waals surface area contributed by atoms with Gasteiger partial charge in [-0.2, -0.15) is 0 Å². The van der Waals surface area contributed by atoms with Crippen LogP contribution in [-0.2, 0) is 28.2 Å². The topological polar surface area (TPSA) is 62.7 Å². The normalized spacial score (nSPS) is 15.7. The summed E-state index contributed by atoms with van der Waals surface area (Å²) in [6.07, 6.45) is 3.96. The lowest BCUT2D eigenvalue weighted by Crippen LogP contribution is -2.51. The molecule has 1 fully saturated rings. The van der Waals surface area contributed by atoms with Crippen LogP contribution in [0.4, 0.5) is 5.69 Å². The zero-order valence-corrected chi connectivity index (χ0v) is 28.9. The largest absolute Gasteiger partial charge is 0.487 e. The number of carbonyl (C=O) groups excluding carboxylic acids is 2. The molecule has 0 bridgehead atoms. The first kappa shape index (κ1) is 33.6. The van der Waals surface area contributed by atoms with Crippen LogP contribution in [0.3, 0.4) is 0 Å². The number of ketones is 1. The number of rotatable bonds is 12. The summed E-state index contributed by atoms with van der Waals surface area (Å²) in [6.45, 7) is 5.44. The van der Waals surface area contributed by atoms with Crippen LogP contribution in [0.25, 0.3) is 0 Å². The van der Waals surface area contributed by atoms with Crippen LogP contribution in [0, 0.1) is 0 Å². The molecule has 6 nitrogen and oxygen atoms in total. The van der Waals surface area contributed by atoms with E-state index in [0.29, 0.717) is 31.9 Å². The molecule has 1 aliphatic heterocycles. The quantitative estimate of drug-likeness (QED) is 0.0742. The summed E-state index contributed by atoms with van der Waals surface area (Å²) in [7, 11) is 0. The highest BCUT2D eigenvalue weighted by Crippen LogP contribution is 2.46. The van der Waals surface area contributed by atoms with Crippen molar-refractivity contribution in [2.75, 3.05) is 11.6 Å². The Kier molecular flexibility index (Phi) is 9.60. The number of anilines is 1. The van der Waals surface area contributed by atoms with Gasteiger partial charge in [0.15, 0.2) is 6.29 Å². The van der Waals surface area contributed by atoms with Gasteiger partial charge in [0, 0.05) is 29.5 Å². The van der Waals surface area contributed by atoms with Crippen molar-refractivity contribution in [3.05, 3.63) is 197 Å². The Balaban J connectivity index is 1.25. The number of aromatic nitrogens is 1. The molecule has 1 unspecified atom stereocenters. The Labute approximate surface area is 300 Å². The fourth-order valence-corrected chi connectivity index (χ4v) is 7.63. The lowest BCUT2D eigenvalue weighted by Gasteiger charge is -2.37. The van der Waals surface area contributed by atoms with Gasteiger partial charge in [0.05, 0.1) is 18.3 Å². The van der Waals surface area contributed by atoms with Crippen molar-refractivity contribution in [2.24, 2.45) is 0 Å². The Morgan fingerprint density at radius 1 is 0.745 bits per heavy atom. The van der Waals surface area contributed by atoms with Crippen molar-refractivity contribution in [3.63, 3.8) is 0 Å². The highest BCUT2D eigenvalue weighted by Gasteiger charge is 2.50. The Morgan fingerprint density at radius 3 is 1.78 bits per heavy atom. The predicted molar refractivity (Wildman–Crippen MR) is 202 cm³/mol. The van der Waals surface area contributed by atoms with Gasteiger partial charge in [-0.25, -0.2) is 0 Å². The molecule has 6 heteroatoms. The molecule has 1 atom stereocenters. The zero-order valence-electron chi connectivity index (χ0n) is 28.9. The number of nitrogens with zero attached hydrogens (tertiary/aromatic N) is 3. The first-order valence-electron chi connectivity index (χ1n) is 17.3. The average molecular weight is 672 g/mol. The summed E-state index contributed by atoms with van der Waals surface area (Å²) in [5.74, 6) is 0.242. The zero-order chi connectivity index (χ0) is 35.3. The first-order valence-corrected chi connectivity index (χ1v) is 17.3. The van der Waals surface area contributed by atoms with Crippen molar-refractivity contribution in [1.29, 1.82) is 0 Å². The minimum atomic E-state index is -0.682. The highest BCUT2D eigenvalue weighted by molar-refractivity contribution is 6.28. The third kappa shape index (κ3) is 6.46. The van der Waals surface area contributed by atoms with Crippen molar-refractivity contribution in [1.82, 2.24) is 9.88 Å². The standard InChI is InChI=1S/C45H41N3O3/c1-44(2)43(41(50)31-49)48(33-47(44)30-35-27-28-46-29-42(35)51-32-34-15-7-3-8-16-34)40-25-23-39(24-26-40)45(36-17-9-4-10-18-36,37-19-11-5-12-20-37)38-21-13-6-14-22-38/h3-29,31,43H,30,32-33H2,1-2H3. The number of carbonyl (C=O) groups is 2. The van der Waals surface area contributed by atoms with E-state index in [1.54, 1.807) is 12.4 Å². The molecule has 0 N–H and O–H groups in total. The molecule has 0 spiro atoms. The monoisotopic (exact) mass is 671 g/mol. The summed E-state index contributed by atoms with van der Waals surface area (Å²) >= 11 is 0. The van der Waals surface area contributed by atoms with Crippen LogP contribution in [-0.4, -0.2) is 40.2 Å². The molecule has 6 aromatic rings. The fraction of sp³-hybridized carbons (Fsp3) is 0.178. The molecule has 0 radical (unpaired) electrons.